The van der Waals surface area contributed by atoms with Crippen molar-refractivity contribution >= 4 is 0 Å². The van der Waals surface area contributed by atoms with Crippen molar-refractivity contribution in [2.45, 2.75) is 64.7 Å². The summed E-state index contributed by atoms with van der Waals surface area (Å²) in [7, 11) is 0. The molecular weight excluding hydrogens is 252 g/mol. The van der Waals surface area contributed by atoms with E-state index in [-0.39, 0.29) is 0 Å². The maximum atomic E-state index is 2.61. The van der Waals surface area contributed by atoms with Crippen LogP contribution in [0.3, 0.4) is 0 Å². The van der Waals surface area contributed by atoms with Crippen molar-refractivity contribution in [2.24, 2.45) is 53.3 Å². The summed E-state index contributed by atoms with van der Waals surface area (Å²) in [6.45, 7) is 2.61. The summed E-state index contributed by atoms with van der Waals surface area (Å²) in [4.78, 5) is 0. The van der Waals surface area contributed by atoms with Crippen molar-refractivity contribution in [1.82, 2.24) is 0 Å². The molecule has 21 heavy (non-hydrogen) atoms. The van der Waals surface area contributed by atoms with Gasteiger partial charge in [0.1, 0.15) is 0 Å². The van der Waals surface area contributed by atoms with Crippen molar-refractivity contribution in [1.29, 1.82) is 0 Å². The highest BCUT2D eigenvalue weighted by Crippen LogP contribution is 2.64. The number of hydrogen-bond acceptors (Lipinski definition) is 0. The lowest BCUT2D eigenvalue weighted by molar-refractivity contribution is 0.00637. The topological polar surface area (TPSA) is 0 Å². The highest BCUT2D eigenvalue weighted by Gasteiger charge is 2.53. The molecule has 114 valence electrons. The largest absolute Gasteiger partial charge is 0.0642 e. The molecule has 0 aliphatic heterocycles. The average molecular weight is 282 g/mol. The van der Waals surface area contributed by atoms with Crippen LogP contribution in [0, 0.1) is 53.3 Å². The number of allylic oxidation sites excluding steroid dienone is 2. The van der Waals surface area contributed by atoms with Gasteiger partial charge in [-0.25, -0.2) is 0 Å². The third-order valence-corrected chi connectivity index (χ3v) is 9.00. The molecule has 0 heteroatoms. The predicted octanol–water partition coefficient (Wildman–Crippen LogP) is 5.44. The van der Waals surface area contributed by atoms with E-state index in [1.54, 1.807) is 57.8 Å². The molecule has 8 saturated carbocycles. The van der Waals surface area contributed by atoms with Crippen molar-refractivity contribution in [2.75, 3.05) is 0 Å². The lowest BCUT2D eigenvalue weighted by atomic mass is 9.46. The monoisotopic (exact) mass is 282 g/mol. The fourth-order valence-electron chi connectivity index (χ4n) is 8.59. The summed E-state index contributed by atoms with van der Waals surface area (Å²) in [5, 5.41) is 0. The predicted molar refractivity (Wildman–Crippen MR) is 85.7 cm³/mol. The maximum absolute atomic E-state index is 2.61. The van der Waals surface area contributed by atoms with Gasteiger partial charge >= 0.3 is 0 Å². The van der Waals surface area contributed by atoms with Crippen LogP contribution in [-0.4, -0.2) is 0 Å². The number of rotatable bonds is 0. The standard InChI is InChI=1S/C21H30/c1-11-15-3-14-8-18(10-15)21(19(11)9-14)20-16-4-12-2-13(6-16)7-17(20)5-12/h11-19H,2-10H2,1H3/t11-,12?,13?,14-,15+,16?,17?,18-,19+/m0/s1. The molecule has 0 spiro atoms. The molecule has 0 amide bonds. The first-order valence-corrected chi connectivity index (χ1v) is 10.00. The van der Waals surface area contributed by atoms with E-state index < -0.39 is 0 Å². The molecule has 0 aromatic heterocycles. The normalized spacial score (nSPS) is 60.1. The first-order chi connectivity index (χ1) is 10.3. The molecule has 8 aliphatic carbocycles. The van der Waals surface area contributed by atoms with E-state index in [4.69, 9.17) is 0 Å². The van der Waals surface area contributed by atoms with Crippen LogP contribution in [-0.2, 0) is 0 Å². The maximum Gasteiger partial charge on any atom is -0.0167 e. The molecule has 0 unspecified atom stereocenters. The van der Waals surface area contributed by atoms with Gasteiger partial charge in [0.2, 0.25) is 0 Å². The molecule has 5 atom stereocenters. The lowest BCUT2D eigenvalue weighted by Crippen LogP contribution is -2.49. The van der Waals surface area contributed by atoms with Gasteiger partial charge in [-0.05, 0) is 111 Å². The molecule has 0 aromatic carbocycles. The SMILES string of the molecule is C[C@H]1[C@@H]2C[C@H]3C[C@@H](C2)C(=C2C4CC5CC(C4)CC2C5)[C@@H]1C3. The van der Waals surface area contributed by atoms with Gasteiger partial charge in [0.05, 0.1) is 0 Å². The van der Waals surface area contributed by atoms with Gasteiger partial charge in [0.15, 0.2) is 0 Å². The summed E-state index contributed by atoms with van der Waals surface area (Å²) >= 11 is 0. The molecule has 0 nitrogen and oxygen atoms in total. The second kappa shape index (κ2) is 3.98. The zero-order valence-corrected chi connectivity index (χ0v) is 13.6. The Labute approximate surface area is 129 Å². The zero-order chi connectivity index (χ0) is 13.7. The van der Waals surface area contributed by atoms with Gasteiger partial charge in [-0.1, -0.05) is 18.1 Å². The van der Waals surface area contributed by atoms with Crippen molar-refractivity contribution < 1.29 is 0 Å². The molecule has 8 fully saturated rings. The molecule has 8 bridgehead atoms. The Morgan fingerprint density at radius 2 is 1.14 bits per heavy atom. The third-order valence-electron chi connectivity index (χ3n) is 9.00. The summed E-state index contributed by atoms with van der Waals surface area (Å²) in [5.41, 5.74) is 4.20. The minimum Gasteiger partial charge on any atom is -0.0642 e. The summed E-state index contributed by atoms with van der Waals surface area (Å²) in [6.07, 6.45) is 14.3. The minimum atomic E-state index is 1.03. The Morgan fingerprint density at radius 3 is 1.81 bits per heavy atom. The van der Waals surface area contributed by atoms with Gasteiger partial charge in [0, 0.05) is 0 Å². The van der Waals surface area contributed by atoms with E-state index in [9.17, 15) is 0 Å². The highest BCUT2D eigenvalue weighted by atomic mass is 14.6. The third kappa shape index (κ3) is 1.53. The smallest absolute Gasteiger partial charge is 0.0167 e. The van der Waals surface area contributed by atoms with Crippen molar-refractivity contribution in [3.8, 4) is 0 Å². The molecule has 0 saturated heterocycles. The second-order valence-corrected chi connectivity index (χ2v) is 9.95. The summed E-state index contributed by atoms with van der Waals surface area (Å²) in [5.74, 6) is 9.71. The van der Waals surface area contributed by atoms with Crippen LogP contribution in [0.15, 0.2) is 11.1 Å². The Morgan fingerprint density at radius 1 is 0.571 bits per heavy atom. The quantitative estimate of drug-likeness (QED) is 0.519. The van der Waals surface area contributed by atoms with E-state index in [1.165, 1.54) is 0 Å². The fraction of sp³-hybridized carbons (Fsp3) is 0.905. The van der Waals surface area contributed by atoms with Crippen LogP contribution >= 0.6 is 0 Å². The fourth-order valence-corrected chi connectivity index (χ4v) is 8.59. The first-order valence-electron chi connectivity index (χ1n) is 10.00. The Kier molecular flexibility index (Phi) is 2.31. The van der Waals surface area contributed by atoms with E-state index in [2.05, 4.69) is 18.1 Å². The molecule has 8 aliphatic rings. The lowest BCUT2D eigenvalue weighted by Gasteiger charge is -2.59. The molecule has 0 aromatic rings. The van der Waals surface area contributed by atoms with Crippen LogP contribution in [0.4, 0.5) is 0 Å². The van der Waals surface area contributed by atoms with Crippen molar-refractivity contribution in [3.63, 3.8) is 0 Å². The Hall–Kier alpha value is -0.260. The van der Waals surface area contributed by atoms with Crippen molar-refractivity contribution in [3.05, 3.63) is 11.1 Å². The Bertz CT molecular complexity index is 482. The highest BCUT2D eigenvalue weighted by molar-refractivity contribution is 5.33. The molecule has 0 heterocycles. The van der Waals surface area contributed by atoms with E-state index in [0.29, 0.717) is 0 Å². The molecule has 0 N–H and O–H groups in total. The van der Waals surface area contributed by atoms with Gasteiger partial charge < -0.3 is 0 Å². The Balaban J connectivity index is 1.47. The van der Waals surface area contributed by atoms with E-state index >= 15 is 0 Å². The van der Waals surface area contributed by atoms with Gasteiger partial charge in [-0.2, -0.15) is 0 Å². The van der Waals surface area contributed by atoms with Crippen LogP contribution in [0.2, 0.25) is 0 Å². The zero-order valence-electron chi connectivity index (χ0n) is 13.6. The van der Waals surface area contributed by atoms with Gasteiger partial charge in [-0.15, -0.1) is 0 Å². The summed E-state index contributed by atoms with van der Waals surface area (Å²) in [6, 6.07) is 0. The van der Waals surface area contributed by atoms with Gasteiger partial charge in [-0.3, -0.25) is 0 Å². The van der Waals surface area contributed by atoms with Crippen LogP contribution < -0.4 is 0 Å². The van der Waals surface area contributed by atoms with E-state index in [1.807, 2.05) is 0 Å². The van der Waals surface area contributed by atoms with E-state index in [0.717, 1.165) is 53.3 Å². The first kappa shape index (κ1) is 12.2. The van der Waals surface area contributed by atoms with Crippen LogP contribution in [0.1, 0.15) is 64.7 Å². The molecule has 8 rings (SSSR count). The summed E-state index contributed by atoms with van der Waals surface area (Å²) < 4.78 is 0. The minimum absolute atomic E-state index is 1.03. The van der Waals surface area contributed by atoms with Crippen LogP contribution in [0.5, 0.6) is 0 Å². The molecule has 0 radical (unpaired) electrons. The van der Waals surface area contributed by atoms with Crippen LogP contribution in [0.25, 0.3) is 0 Å². The van der Waals surface area contributed by atoms with Gasteiger partial charge in [0.25, 0.3) is 0 Å². The average Bonchev–Trinajstić information content (AvgIpc) is 2.45. The second-order valence-electron chi connectivity index (χ2n) is 9.95. The molecular formula is C21H30. The number of hydrogen-bond donors (Lipinski definition) is 0.